The van der Waals surface area contributed by atoms with Crippen molar-refractivity contribution in [2.75, 3.05) is 6.54 Å². The van der Waals surface area contributed by atoms with Crippen molar-refractivity contribution in [1.82, 2.24) is 5.32 Å². The van der Waals surface area contributed by atoms with E-state index in [4.69, 9.17) is 0 Å². The normalized spacial score (nSPS) is 13.4. The molecular weight excluding hydrogens is 293 g/mol. The Kier molecular flexibility index (Phi) is 5.88. The Morgan fingerprint density at radius 1 is 1.17 bits per heavy atom. The van der Waals surface area contributed by atoms with E-state index in [1.807, 2.05) is 31.2 Å². The third-order valence-electron chi connectivity index (χ3n) is 3.95. The quantitative estimate of drug-likeness (QED) is 0.860. The first-order valence-electron chi connectivity index (χ1n) is 7.73. The van der Waals surface area contributed by atoms with Gasteiger partial charge in [0.15, 0.2) is 0 Å². The van der Waals surface area contributed by atoms with E-state index < -0.39 is 6.10 Å². The third-order valence-corrected chi connectivity index (χ3v) is 3.95. The second kappa shape index (κ2) is 7.88. The summed E-state index contributed by atoms with van der Waals surface area (Å²) >= 11 is 0. The van der Waals surface area contributed by atoms with Gasteiger partial charge >= 0.3 is 0 Å². The molecule has 0 heterocycles. The highest BCUT2D eigenvalue weighted by Crippen LogP contribution is 2.17. The first kappa shape index (κ1) is 17.2. The molecule has 0 spiro atoms. The highest BCUT2D eigenvalue weighted by molar-refractivity contribution is 5.78. The first-order valence-corrected chi connectivity index (χ1v) is 7.73. The van der Waals surface area contributed by atoms with E-state index in [-0.39, 0.29) is 24.2 Å². The zero-order valence-electron chi connectivity index (χ0n) is 13.4. The molecule has 2 N–H and O–H groups in total. The van der Waals surface area contributed by atoms with Crippen molar-refractivity contribution in [3.05, 3.63) is 71.0 Å². The minimum absolute atomic E-state index is 0.144. The number of aryl methyl sites for hydroxylation is 1. The van der Waals surface area contributed by atoms with Crippen molar-refractivity contribution in [2.24, 2.45) is 5.92 Å². The Morgan fingerprint density at radius 2 is 1.83 bits per heavy atom. The zero-order valence-corrected chi connectivity index (χ0v) is 13.4. The Labute approximate surface area is 136 Å². The van der Waals surface area contributed by atoms with Crippen molar-refractivity contribution < 1.29 is 14.3 Å². The standard InChI is InChI=1S/C19H22FNO2/c1-13-7-3-5-9-16(13)18(22)12-21-19(23)14(2)11-15-8-4-6-10-17(15)20/h3-10,14,18,22H,11-12H2,1-2H3,(H,21,23). The van der Waals surface area contributed by atoms with E-state index in [2.05, 4.69) is 5.32 Å². The number of nitrogens with one attached hydrogen (secondary N) is 1. The van der Waals surface area contributed by atoms with Gasteiger partial charge in [-0.1, -0.05) is 49.4 Å². The molecule has 2 rings (SSSR count). The average Bonchev–Trinajstić information content (AvgIpc) is 2.54. The molecule has 0 aromatic heterocycles. The maximum absolute atomic E-state index is 13.6. The van der Waals surface area contributed by atoms with Gasteiger partial charge in [-0.05, 0) is 36.1 Å². The Morgan fingerprint density at radius 3 is 2.52 bits per heavy atom. The van der Waals surface area contributed by atoms with Gasteiger partial charge in [-0.25, -0.2) is 4.39 Å². The van der Waals surface area contributed by atoms with E-state index in [1.165, 1.54) is 6.07 Å². The van der Waals surface area contributed by atoms with Crippen LogP contribution in [-0.2, 0) is 11.2 Å². The van der Waals surface area contributed by atoms with Crippen molar-refractivity contribution in [3.8, 4) is 0 Å². The van der Waals surface area contributed by atoms with Gasteiger partial charge in [0, 0.05) is 12.5 Å². The fourth-order valence-corrected chi connectivity index (χ4v) is 2.53. The van der Waals surface area contributed by atoms with E-state index in [9.17, 15) is 14.3 Å². The van der Waals surface area contributed by atoms with Crippen molar-refractivity contribution in [2.45, 2.75) is 26.4 Å². The van der Waals surface area contributed by atoms with Crippen LogP contribution >= 0.6 is 0 Å². The van der Waals surface area contributed by atoms with Gasteiger partial charge in [-0.15, -0.1) is 0 Å². The molecule has 0 aliphatic carbocycles. The molecule has 0 saturated carbocycles. The van der Waals surface area contributed by atoms with Crippen LogP contribution in [0.5, 0.6) is 0 Å². The molecule has 2 atom stereocenters. The lowest BCUT2D eigenvalue weighted by molar-refractivity contribution is -0.124. The predicted octanol–water partition coefficient (Wildman–Crippen LogP) is 3.16. The lowest BCUT2D eigenvalue weighted by Crippen LogP contribution is -2.33. The molecule has 0 saturated heterocycles. The van der Waals surface area contributed by atoms with Gasteiger partial charge in [0.2, 0.25) is 5.91 Å². The van der Waals surface area contributed by atoms with E-state index in [1.54, 1.807) is 25.1 Å². The highest BCUT2D eigenvalue weighted by atomic mass is 19.1. The van der Waals surface area contributed by atoms with Gasteiger partial charge in [0.05, 0.1) is 6.10 Å². The summed E-state index contributed by atoms with van der Waals surface area (Å²) in [7, 11) is 0. The van der Waals surface area contributed by atoms with Gasteiger partial charge in [-0.3, -0.25) is 4.79 Å². The molecule has 3 nitrogen and oxygen atoms in total. The Balaban J connectivity index is 1.89. The van der Waals surface area contributed by atoms with Crippen LogP contribution in [-0.4, -0.2) is 17.6 Å². The smallest absolute Gasteiger partial charge is 0.223 e. The predicted molar refractivity (Wildman–Crippen MR) is 88.4 cm³/mol. The number of amides is 1. The number of aliphatic hydroxyl groups is 1. The number of hydrogen-bond acceptors (Lipinski definition) is 2. The molecule has 2 aromatic carbocycles. The van der Waals surface area contributed by atoms with Crippen LogP contribution in [0.2, 0.25) is 0 Å². The summed E-state index contributed by atoms with van der Waals surface area (Å²) in [6.07, 6.45) is -0.417. The molecule has 0 aliphatic heterocycles. The largest absolute Gasteiger partial charge is 0.387 e. The molecule has 0 bridgehead atoms. The maximum Gasteiger partial charge on any atom is 0.223 e. The average molecular weight is 315 g/mol. The summed E-state index contributed by atoms with van der Waals surface area (Å²) in [6, 6.07) is 14.0. The SMILES string of the molecule is Cc1ccccc1C(O)CNC(=O)C(C)Cc1ccccc1F. The van der Waals surface area contributed by atoms with Crippen LogP contribution in [0, 0.1) is 18.7 Å². The fraction of sp³-hybridized carbons (Fsp3) is 0.316. The van der Waals surface area contributed by atoms with Crippen LogP contribution in [0.3, 0.4) is 0 Å². The van der Waals surface area contributed by atoms with Crippen molar-refractivity contribution in [3.63, 3.8) is 0 Å². The Hall–Kier alpha value is -2.20. The maximum atomic E-state index is 13.6. The second-order valence-corrected chi connectivity index (χ2v) is 5.81. The van der Waals surface area contributed by atoms with Crippen molar-refractivity contribution in [1.29, 1.82) is 0 Å². The zero-order chi connectivity index (χ0) is 16.8. The van der Waals surface area contributed by atoms with E-state index in [0.29, 0.717) is 12.0 Å². The fourth-order valence-electron chi connectivity index (χ4n) is 2.53. The number of halogens is 1. The van der Waals surface area contributed by atoms with Gasteiger partial charge in [0.25, 0.3) is 0 Å². The van der Waals surface area contributed by atoms with Crippen LogP contribution in [0.15, 0.2) is 48.5 Å². The summed E-state index contributed by atoms with van der Waals surface area (Å²) in [4.78, 5) is 12.1. The number of hydrogen-bond donors (Lipinski definition) is 2. The number of carbonyl (C=O) groups excluding carboxylic acids is 1. The number of benzene rings is 2. The monoisotopic (exact) mass is 315 g/mol. The summed E-state index contributed by atoms with van der Waals surface area (Å²) in [6.45, 7) is 3.81. The number of rotatable bonds is 6. The van der Waals surface area contributed by atoms with Gasteiger partial charge < -0.3 is 10.4 Å². The van der Waals surface area contributed by atoms with Crippen molar-refractivity contribution >= 4 is 5.91 Å². The topological polar surface area (TPSA) is 49.3 Å². The summed E-state index contributed by atoms with van der Waals surface area (Å²) in [5.74, 6) is -0.857. The molecular formula is C19H22FNO2. The molecule has 122 valence electrons. The lowest BCUT2D eigenvalue weighted by Gasteiger charge is -2.17. The summed E-state index contributed by atoms with van der Waals surface area (Å²) < 4.78 is 13.6. The molecule has 0 aliphatic rings. The molecule has 1 amide bonds. The third kappa shape index (κ3) is 4.63. The van der Waals surface area contributed by atoms with Gasteiger partial charge in [-0.2, -0.15) is 0 Å². The van der Waals surface area contributed by atoms with Gasteiger partial charge in [0.1, 0.15) is 5.82 Å². The van der Waals surface area contributed by atoms with Crippen LogP contribution in [0.4, 0.5) is 4.39 Å². The highest BCUT2D eigenvalue weighted by Gasteiger charge is 2.17. The molecule has 2 aromatic rings. The molecule has 0 fully saturated rings. The summed E-state index contributed by atoms with van der Waals surface area (Å²) in [5, 5.41) is 12.9. The minimum Gasteiger partial charge on any atom is -0.387 e. The molecule has 4 heteroatoms. The number of carbonyl (C=O) groups is 1. The summed E-state index contributed by atoms with van der Waals surface area (Å²) in [5.41, 5.74) is 2.30. The van der Waals surface area contributed by atoms with E-state index >= 15 is 0 Å². The van der Waals surface area contributed by atoms with Crippen LogP contribution in [0.25, 0.3) is 0 Å². The minimum atomic E-state index is -0.749. The Bertz CT molecular complexity index is 672. The van der Waals surface area contributed by atoms with Crippen LogP contribution < -0.4 is 5.32 Å². The molecule has 23 heavy (non-hydrogen) atoms. The number of aliphatic hydroxyl groups excluding tert-OH is 1. The van der Waals surface area contributed by atoms with E-state index in [0.717, 1.165) is 11.1 Å². The second-order valence-electron chi connectivity index (χ2n) is 5.81. The lowest BCUT2D eigenvalue weighted by atomic mass is 9.99. The first-order chi connectivity index (χ1) is 11.0. The van der Waals surface area contributed by atoms with Crippen LogP contribution in [0.1, 0.15) is 29.7 Å². The molecule has 0 radical (unpaired) electrons. The molecule has 2 unspecified atom stereocenters.